The molecule has 0 saturated carbocycles. The second kappa shape index (κ2) is 8.06. The Labute approximate surface area is 169 Å². The Morgan fingerprint density at radius 1 is 1.03 bits per heavy atom. The van der Waals surface area contributed by atoms with E-state index in [1.807, 2.05) is 85.2 Å². The average molecular weight is 386 g/mol. The fourth-order valence-corrected chi connectivity index (χ4v) is 3.15. The Hall–Kier alpha value is -3.80. The molecular formula is C23H22N4O2. The van der Waals surface area contributed by atoms with Crippen LogP contribution in [0.15, 0.2) is 73.1 Å². The number of para-hydroxylation sites is 2. The van der Waals surface area contributed by atoms with Crippen LogP contribution in [0.1, 0.15) is 12.5 Å². The van der Waals surface area contributed by atoms with E-state index in [1.54, 1.807) is 6.07 Å². The molecule has 4 rings (SSSR count). The lowest BCUT2D eigenvalue weighted by atomic mass is 10.1. The molecule has 0 bridgehead atoms. The van der Waals surface area contributed by atoms with Gasteiger partial charge in [0.15, 0.2) is 0 Å². The van der Waals surface area contributed by atoms with Crippen LogP contribution < -0.4 is 15.4 Å². The van der Waals surface area contributed by atoms with Crippen molar-refractivity contribution in [1.29, 1.82) is 0 Å². The first-order valence-electron chi connectivity index (χ1n) is 9.48. The Morgan fingerprint density at radius 2 is 1.83 bits per heavy atom. The van der Waals surface area contributed by atoms with E-state index in [0.29, 0.717) is 23.7 Å². The molecule has 2 heterocycles. The highest BCUT2D eigenvalue weighted by Crippen LogP contribution is 2.25. The highest BCUT2D eigenvalue weighted by Gasteiger charge is 2.09. The van der Waals surface area contributed by atoms with Crippen LogP contribution in [-0.4, -0.2) is 22.0 Å². The van der Waals surface area contributed by atoms with Crippen molar-refractivity contribution in [2.75, 3.05) is 17.2 Å². The summed E-state index contributed by atoms with van der Waals surface area (Å²) in [4.78, 5) is 17.1. The number of nitrogens with zero attached hydrogens (tertiary/aromatic N) is 2. The van der Waals surface area contributed by atoms with Crippen molar-refractivity contribution in [3.63, 3.8) is 0 Å². The van der Waals surface area contributed by atoms with E-state index in [2.05, 4.69) is 10.6 Å². The molecule has 0 radical (unpaired) electrons. The zero-order valence-corrected chi connectivity index (χ0v) is 16.3. The van der Waals surface area contributed by atoms with Gasteiger partial charge in [0.2, 0.25) is 0 Å². The summed E-state index contributed by atoms with van der Waals surface area (Å²) in [5.74, 6) is 0.641. The monoisotopic (exact) mass is 386 g/mol. The molecular weight excluding hydrogens is 364 g/mol. The van der Waals surface area contributed by atoms with Gasteiger partial charge in [-0.05, 0) is 49.7 Å². The van der Waals surface area contributed by atoms with Crippen LogP contribution >= 0.6 is 0 Å². The topological polar surface area (TPSA) is 67.7 Å². The molecule has 6 nitrogen and oxygen atoms in total. The number of anilines is 2. The lowest BCUT2D eigenvalue weighted by Gasteiger charge is -2.12. The molecule has 0 aliphatic heterocycles. The zero-order valence-electron chi connectivity index (χ0n) is 16.3. The summed E-state index contributed by atoms with van der Waals surface area (Å²) in [6, 6.07) is 18.7. The number of urea groups is 1. The third-order valence-electron chi connectivity index (χ3n) is 4.55. The van der Waals surface area contributed by atoms with E-state index in [9.17, 15) is 4.79 Å². The number of aryl methyl sites for hydroxylation is 1. The van der Waals surface area contributed by atoms with Gasteiger partial charge < -0.3 is 19.8 Å². The van der Waals surface area contributed by atoms with Gasteiger partial charge in [0.1, 0.15) is 11.4 Å². The fraction of sp³-hybridized carbons (Fsp3) is 0.130. The average Bonchev–Trinajstić information content (AvgIpc) is 3.16. The summed E-state index contributed by atoms with van der Waals surface area (Å²) in [6.07, 6.45) is 3.99. The highest BCUT2D eigenvalue weighted by molar-refractivity contribution is 6.00. The van der Waals surface area contributed by atoms with Gasteiger partial charge in [0, 0.05) is 23.6 Å². The van der Waals surface area contributed by atoms with Crippen LogP contribution in [0, 0.1) is 6.92 Å². The van der Waals surface area contributed by atoms with E-state index < -0.39 is 0 Å². The summed E-state index contributed by atoms with van der Waals surface area (Å²) >= 11 is 0. The zero-order chi connectivity index (χ0) is 20.2. The van der Waals surface area contributed by atoms with Crippen LogP contribution in [0.2, 0.25) is 0 Å². The van der Waals surface area contributed by atoms with Crippen molar-refractivity contribution in [2.24, 2.45) is 0 Å². The SMILES string of the molecule is CCOc1ccccc1NC(=O)Nc1ccc(-c2cn3cccc(C)c3n2)cc1. The quantitative estimate of drug-likeness (QED) is 0.486. The number of imidazole rings is 1. The maximum atomic E-state index is 12.4. The van der Waals surface area contributed by atoms with Gasteiger partial charge in [-0.15, -0.1) is 0 Å². The van der Waals surface area contributed by atoms with Crippen LogP contribution in [0.25, 0.3) is 16.9 Å². The molecule has 6 heteroatoms. The normalized spacial score (nSPS) is 10.7. The van der Waals surface area contributed by atoms with E-state index in [4.69, 9.17) is 9.72 Å². The minimum Gasteiger partial charge on any atom is -0.492 e. The summed E-state index contributed by atoms with van der Waals surface area (Å²) < 4.78 is 7.55. The van der Waals surface area contributed by atoms with Gasteiger partial charge in [0.25, 0.3) is 0 Å². The molecule has 2 amide bonds. The second-order valence-corrected chi connectivity index (χ2v) is 6.63. The molecule has 0 aliphatic carbocycles. The number of carbonyl (C=O) groups is 1. The van der Waals surface area contributed by atoms with Gasteiger partial charge >= 0.3 is 6.03 Å². The number of rotatable bonds is 5. The van der Waals surface area contributed by atoms with Gasteiger partial charge in [-0.2, -0.15) is 0 Å². The van der Waals surface area contributed by atoms with E-state index in [0.717, 1.165) is 22.5 Å². The number of carbonyl (C=O) groups excluding carboxylic acids is 1. The van der Waals surface area contributed by atoms with Crippen LogP contribution in [0.4, 0.5) is 16.2 Å². The molecule has 2 aromatic carbocycles. The van der Waals surface area contributed by atoms with Crippen molar-refractivity contribution in [2.45, 2.75) is 13.8 Å². The van der Waals surface area contributed by atoms with Crippen molar-refractivity contribution < 1.29 is 9.53 Å². The standard InChI is InChI=1S/C23H22N4O2/c1-3-29-21-9-5-4-8-19(21)26-23(28)24-18-12-10-17(11-13-18)20-15-27-14-6-7-16(2)22(27)25-20/h4-15H,3H2,1-2H3,(H2,24,26,28). The van der Waals surface area contributed by atoms with Crippen molar-refractivity contribution >= 4 is 23.1 Å². The smallest absolute Gasteiger partial charge is 0.323 e. The van der Waals surface area contributed by atoms with E-state index in [1.165, 1.54) is 0 Å². The minimum absolute atomic E-state index is 0.326. The first kappa shape index (κ1) is 18.6. The fourth-order valence-electron chi connectivity index (χ4n) is 3.15. The predicted octanol–water partition coefficient (Wildman–Crippen LogP) is 5.35. The minimum atomic E-state index is -0.326. The Morgan fingerprint density at radius 3 is 2.59 bits per heavy atom. The van der Waals surface area contributed by atoms with E-state index in [-0.39, 0.29) is 6.03 Å². The molecule has 0 saturated heterocycles. The first-order valence-corrected chi connectivity index (χ1v) is 9.48. The number of ether oxygens (including phenoxy) is 1. The molecule has 0 spiro atoms. The Bertz CT molecular complexity index is 1150. The molecule has 0 fully saturated rings. The second-order valence-electron chi connectivity index (χ2n) is 6.63. The van der Waals surface area contributed by atoms with Crippen molar-refractivity contribution in [1.82, 2.24) is 9.38 Å². The maximum absolute atomic E-state index is 12.4. The number of benzene rings is 2. The molecule has 0 unspecified atom stereocenters. The Balaban J connectivity index is 1.46. The highest BCUT2D eigenvalue weighted by atomic mass is 16.5. The molecule has 2 N–H and O–H groups in total. The number of pyridine rings is 1. The number of aromatic nitrogens is 2. The van der Waals surface area contributed by atoms with Crippen molar-refractivity contribution in [3.8, 4) is 17.0 Å². The lowest BCUT2D eigenvalue weighted by molar-refractivity contribution is 0.262. The maximum Gasteiger partial charge on any atom is 0.323 e. The van der Waals surface area contributed by atoms with Gasteiger partial charge in [0.05, 0.1) is 18.0 Å². The van der Waals surface area contributed by atoms with Gasteiger partial charge in [-0.25, -0.2) is 9.78 Å². The number of nitrogens with one attached hydrogen (secondary N) is 2. The summed E-state index contributed by atoms with van der Waals surface area (Å²) in [6.45, 7) is 4.48. The van der Waals surface area contributed by atoms with Crippen LogP contribution in [-0.2, 0) is 0 Å². The number of fused-ring (bicyclic) bond motifs is 1. The molecule has 146 valence electrons. The molecule has 0 atom stereocenters. The molecule has 4 aromatic rings. The summed E-state index contributed by atoms with van der Waals surface area (Å²) in [7, 11) is 0. The van der Waals surface area contributed by atoms with Crippen LogP contribution in [0.5, 0.6) is 5.75 Å². The predicted molar refractivity (Wildman–Crippen MR) is 116 cm³/mol. The number of hydrogen-bond donors (Lipinski definition) is 2. The number of amides is 2. The van der Waals surface area contributed by atoms with E-state index >= 15 is 0 Å². The Kier molecular flexibility index (Phi) is 5.16. The van der Waals surface area contributed by atoms with Gasteiger partial charge in [-0.1, -0.05) is 30.3 Å². The molecule has 0 aliphatic rings. The summed E-state index contributed by atoms with van der Waals surface area (Å²) in [5, 5.41) is 5.67. The van der Waals surface area contributed by atoms with Crippen molar-refractivity contribution in [3.05, 3.63) is 78.6 Å². The third kappa shape index (κ3) is 4.06. The first-order chi connectivity index (χ1) is 14.1. The molecule has 2 aromatic heterocycles. The van der Waals surface area contributed by atoms with Gasteiger partial charge in [-0.3, -0.25) is 0 Å². The van der Waals surface area contributed by atoms with Crippen LogP contribution in [0.3, 0.4) is 0 Å². The third-order valence-corrected chi connectivity index (χ3v) is 4.55. The summed E-state index contributed by atoms with van der Waals surface area (Å²) in [5.41, 5.74) is 5.27. The largest absolute Gasteiger partial charge is 0.492 e. The molecule has 29 heavy (non-hydrogen) atoms. The number of hydrogen-bond acceptors (Lipinski definition) is 3. The lowest BCUT2D eigenvalue weighted by Crippen LogP contribution is -2.19.